The summed E-state index contributed by atoms with van der Waals surface area (Å²) in [5, 5.41) is 13.5. The number of benzene rings is 1. The molecule has 0 radical (unpaired) electrons. The summed E-state index contributed by atoms with van der Waals surface area (Å²) in [5.41, 5.74) is 1.32. The van der Waals surface area contributed by atoms with Crippen LogP contribution in [0.5, 0.6) is 11.5 Å². The van der Waals surface area contributed by atoms with E-state index >= 15 is 0 Å². The van der Waals surface area contributed by atoms with Gasteiger partial charge in [0.15, 0.2) is 0 Å². The third-order valence-corrected chi connectivity index (χ3v) is 2.63. The van der Waals surface area contributed by atoms with Gasteiger partial charge >= 0.3 is 12.0 Å². The summed E-state index contributed by atoms with van der Waals surface area (Å²) < 4.78 is 10.4. The predicted octanol–water partition coefficient (Wildman–Crippen LogP) is 1.61. The van der Waals surface area contributed by atoms with Gasteiger partial charge in [0.25, 0.3) is 0 Å². The van der Waals surface area contributed by atoms with Gasteiger partial charge in [-0.15, -0.1) is 0 Å². The van der Waals surface area contributed by atoms with Crippen molar-refractivity contribution in [2.24, 2.45) is 0 Å². The Bertz CT molecular complexity index is 477. The van der Waals surface area contributed by atoms with E-state index in [1.807, 2.05) is 6.92 Å². The van der Waals surface area contributed by atoms with Crippen LogP contribution in [0, 0.1) is 6.92 Å². The highest BCUT2D eigenvalue weighted by Gasteiger charge is 2.10. The van der Waals surface area contributed by atoms with Crippen LogP contribution in [-0.2, 0) is 4.79 Å². The maximum Gasteiger partial charge on any atom is 0.319 e. The number of hydrogen-bond acceptors (Lipinski definition) is 4. The number of carboxylic acids is 1. The van der Waals surface area contributed by atoms with E-state index in [0.29, 0.717) is 17.2 Å². The molecule has 0 fully saturated rings. The summed E-state index contributed by atoms with van der Waals surface area (Å²) in [7, 11) is 3.05. The molecule has 0 saturated heterocycles. The molecule has 3 N–H and O–H groups in total. The zero-order valence-corrected chi connectivity index (χ0v) is 11.6. The molecule has 0 heterocycles. The van der Waals surface area contributed by atoms with Crippen LogP contribution in [-0.4, -0.2) is 37.9 Å². The maximum absolute atomic E-state index is 11.6. The molecular weight excluding hydrogens is 264 g/mol. The molecule has 110 valence electrons. The first-order chi connectivity index (χ1) is 9.47. The van der Waals surface area contributed by atoms with Crippen LogP contribution in [0.25, 0.3) is 0 Å². The fraction of sp³-hybridized carbons (Fsp3) is 0.385. The molecule has 0 atom stereocenters. The fourth-order valence-corrected chi connectivity index (χ4v) is 1.62. The molecule has 0 aliphatic carbocycles. The SMILES string of the molecule is COc1cc(NC(=O)NCCC(=O)O)cc(OC)c1C. The number of hydrogen-bond donors (Lipinski definition) is 3. The zero-order chi connectivity index (χ0) is 15.1. The summed E-state index contributed by atoms with van der Waals surface area (Å²) >= 11 is 0. The molecule has 7 heteroatoms. The van der Waals surface area contributed by atoms with E-state index in [2.05, 4.69) is 10.6 Å². The summed E-state index contributed by atoms with van der Waals surface area (Å²) in [6.07, 6.45) is -0.131. The largest absolute Gasteiger partial charge is 0.496 e. The monoisotopic (exact) mass is 282 g/mol. The highest BCUT2D eigenvalue weighted by molar-refractivity contribution is 5.90. The predicted molar refractivity (Wildman–Crippen MR) is 73.6 cm³/mol. The molecule has 2 amide bonds. The zero-order valence-electron chi connectivity index (χ0n) is 11.6. The third kappa shape index (κ3) is 4.34. The first-order valence-corrected chi connectivity index (χ1v) is 5.97. The molecule has 0 saturated carbocycles. The number of methoxy groups -OCH3 is 2. The number of anilines is 1. The van der Waals surface area contributed by atoms with E-state index in [1.54, 1.807) is 12.1 Å². The van der Waals surface area contributed by atoms with Crippen molar-refractivity contribution in [3.8, 4) is 11.5 Å². The van der Waals surface area contributed by atoms with Gasteiger partial charge in [-0.05, 0) is 6.92 Å². The molecule has 0 bridgehead atoms. The van der Waals surface area contributed by atoms with Crippen molar-refractivity contribution < 1.29 is 24.2 Å². The molecule has 1 rings (SSSR count). The van der Waals surface area contributed by atoms with Crippen LogP contribution in [0.15, 0.2) is 12.1 Å². The van der Waals surface area contributed by atoms with Crippen LogP contribution < -0.4 is 20.1 Å². The maximum atomic E-state index is 11.6. The number of rotatable bonds is 6. The normalized spacial score (nSPS) is 9.75. The van der Waals surface area contributed by atoms with Crippen molar-refractivity contribution >= 4 is 17.7 Å². The number of carbonyl (C=O) groups is 2. The topological polar surface area (TPSA) is 96.9 Å². The first-order valence-electron chi connectivity index (χ1n) is 5.97. The Balaban J connectivity index is 2.72. The van der Waals surface area contributed by atoms with Gasteiger partial charge in [-0.3, -0.25) is 4.79 Å². The highest BCUT2D eigenvalue weighted by atomic mass is 16.5. The van der Waals surface area contributed by atoms with Gasteiger partial charge in [0, 0.05) is 29.9 Å². The highest BCUT2D eigenvalue weighted by Crippen LogP contribution is 2.31. The minimum atomic E-state index is -0.969. The lowest BCUT2D eigenvalue weighted by Gasteiger charge is -2.13. The quantitative estimate of drug-likeness (QED) is 0.736. The Labute approximate surface area is 116 Å². The van der Waals surface area contributed by atoms with E-state index in [4.69, 9.17) is 14.6 Å². The average molecular weight is 282 g/mol. The Hall–Kier alpha value is -2.44. The Kier molecular flexibility index (Phi) is 5.64. The van der Waals surface area contributed by atoms with E-state index in [9.17, 15) is 9.59 Å². The second-order valence-electron chi connectivity index (χ2n) is 4.03. The molecule has 0 aromatic heterocycles. The smallest absolute Gasteiger partial charge is 0.319 e. The first kappa shape index (κ1) is 15.6. The Morgan fingerprint density at radius 2 is 1.75 bits per heavy atom. The second-order valence-corrected chi connectivity index (χ2v) is 4.03. The molecular formula is C13H18N2O5. The molecule has 0 spiro atoms. The van der Waals surface area contributed by atoms with Crippen LogP contribution in [0.1, 0.15) is 12.0 Å². The summed E-state index contributed by atoms with van der Waals surface area (Å²) in [4.78, 5) is 21.9. The van der Waals surface area contributed by atoms with Crippen LogP contribution in [0.2, 0.25) is 0 Å². The van der Waals surface area contributed by atoms with E-state index < -0.39 is 12.0 Å². The number of urea groups is 1. The van der Waals surface area contributed by atoms with Crippen molar-refractivity contribution in [3.05, 3.63) is 17.7 Å². The minimum absolute atomic E-state index is 0.0568. The van der Waals surface area contributed by atoms with Crippen LogP contribution in [0.3, 0.4) is 0 Å². The molecule has 7 nitrogen and oxygen atoms in total. The van der Waals surface area contributed by atoms with Crippen molar-refractivity contribution in [2.75, 3.05) is 26.1 Å². The van der Waals surface area contributed by atoms with Gasteiger partial charge in [-0.2, -0.15) is 0 Å². The van der Waals surface area contributed by atoms with Crippen LogP contribution >= 0.6 is 0 Å². The van der Waals surface area contributed by atoms with Crippen molar-refractivity contribution in [3.63, 3.8) is 0 Å². The summed E-state index contributed by atoms with van der Waals surface area (Å²) in [6, 6.07) is 2.84. The molecule has 0 aliphatic heterocycles. The fourth-order valence-electron chi connectivity index (χ4n) is 1.62. The van der Waals surface area contributed by atoms with E-state index in [0.717, 1.165) is 5.56 Å². The number of carboxylic acid groups (broad SMARTS) is 1. The van der Waals surface area contributed by atoms with Gasteiger partial charge in [0.2, 0.25) is 0 Å². The molecule has 0 aliphatic rings. The number of carbonyl (C=O) groups excluding carboxylic acids is 1. The van der Waals surface area contributed by atoms with Gasteiger partial charge in [-0.25, -0.2) is 4.79 Å². The minimum Gasteiger partial charge on any atom is -0.496 e. The van der Waals surface area contributed by atoms with Gasteiger partial charge in [0.05, 0.1) is 20.6 Å². The lowest BCUT2D eigenvalue weighted by atomic mass is 10.2. The van der Waals surface area contributed by atoms with E-state index in [1.165, 1.54) is 14.2 Å². The van der Waals surface area contributed by atoms with Gasteiger partial charge in [-0.1, -0.05) is 0 Å². The number of ether oxygens (including phenoxy) is 2. The number of nitrogens with one attached hydrogen (secondary N) is 2. The van der Waals surface area contributed by atoms with Crippen molar-refractivity contribution in [2.45, 2.75) is 13.3 Å². The molecule has 1 aromatic rings. The average Bonchev–Trinajstić information content (AvgIpc) is 2.40. The van der Waals surface area contributed by atoms with Crippen molar-refractivity contribution in [1.29, 1.82) is 0 Å². The molecule has 1 aromatic carbocycles. The van der Waals surface area contributed by atoms with Crippen LogP contribution in [0.4, 0.5) is 10.5 Å². The number of aliphatic carboxylic acids is 1. The summed E-state index contributed by atoms with van der Waals surface area (Å²) in [5.74, 6) is 0.208. The van der Waals surface area contributed by atoms with Crippen molar-refractivity contribution in [1.82, 2.24) is 5.32 Å². The van der Waals surface area contributed by atoms with E-state index in [-0.39, 0.29) is 13.0 Å². The molecule has 0 unspecified atom stereocenters. The standard InChI is InChI=1S/C13H18N2O5/c1-8-10(19-2)6-9(7-11(8)20-3)15-13(18)14-5-4-12(16)17/h6-7H,4-5H2,1-3H3,(H,16,17)(H2,14,15,18). The second kappa shape index (κ2) is 7.22. The lowest BCUT2D eigenvalue weighted by molar-refractivity contribution is -0.136. The number of amides is 2. The Morgan fingerprint density at radius 1 is 1.20 bits per heavy atom. The summed E-state index contributed by atoms with van der Waals surface area (Å²) in [6.45, 7) is 1.90. The molecule has 20 heavy (non-hydrogen) atoms. The third-order valence-electron chi connectivity index (χ3n) is 2.63. The van der Waals surface area contributed by atoms with Gasteiger partial charge in [0.1, 0.15) is 11.5 Å². The Morgan fingerprint density at radius 3 is 2.20 bits per heavy atom. The van der Waals surface area contributed by atoms with Gasteiger partial charge < -0.3 is 25.2 Å². The lowest BCUT2D eigenvalue weighted by Crippen LogP contribution is -2.30.